The Hall–Kier alpha value is -3.39. The second kappa shape index (κ2) is 10.1. The molecule has 1 aliphatic heterocycles. The quantitative estimate of drug-likeness (QED) is 0.347. The summed E-state index contributed by atoms with van der Waals surface area (Å²) in [6.07, 6.45) is 9.05. The van der Waals surface area contributed by atoms with Gasteiger partial charge in [-0.25, -0.2) is 13.8 Å². The minimum absolute atomic E-state index is 0.201. The monoisotopic (exact) mass is 441 g/mol. The molecule has 5 nitrogen and oxygen atoms in total. The molecule has 0 fully saturated rings. The first kappa shape index (κ1) is 22.3. The molecule has 31 heavy (non-hydrogen) atoms. The third-order valence-corrected chi connectivity index (χ3v) is 5.71. The largest absolute Gasteiger partial charge is 0.356 e. The number of benzene rings is 1. The fourth-order valence-corrected chi connectivity index (χ4v) is 4.15. The molecule has 0 bridgehead atoms. The van der Waals surface area contributed by atoms with E-state index < -0.39 is 23.1 Å². The van der Waals surface area contributed by atoms with E-state index in [0.29, 0.717) is 12.2 Å². The summed E-state index contributed by atoms with van der Waals surface area (Å²) in [4.78, 5) is 23.9. The summed E-state index contributed by atoms with van der Waals surface area (Å²) in [7, 11) is 0. The Labute approximate surface area is 183 Å². The molecule has 0 saturated carbocycles. The maximum absolute atomic E-state index is 13.8. The number of rotatable bonds is 6. The van der Waals surface area contributed by atoms with E-state index in [1.54, 1.807) is 36.8 Å². The summed E-state index contributed by atoms with van der Waals surface area (Å²) in [6.45, 7) is 5.65. The molecule has 8 heteroatoms. The van der Waals surface area contributed by atoms with E-state index in [-0.39, 0.29) is 5.82 Å². The Morgan fingerprint density at radius 2 is 2.00 bits per heavy atom. The second-order valence-electron chi connectivity index (χ2n) is 6.54. The smallest absolute Gasteiger partial charge is 0.262 e. The van der Waals surface area contributed by atoms with Gasteiger partial charge in [-0.1, -0.05) is 17.3 Å². The highest BCUT2D eigenvalue weighted by atomic mass is 32.1. The highest BCUT2D eigenvalue weighted by Gasteiger charge is 2.18. The van der Waals surface area contributed by atoms with Crippen molar-refractivity contribution in [2.24, 2.45) is 10.1 Å². The molecule has 1 N–H and O–H groups in total. The van der Waals surface area contributed by atoms with E-state index >= 15 is 0 Å². The van der Waals surface area contributed by atoms with Crippen molar-refractivity contribution in [3.63, 3.8) is 0 Å². The van der Waals surface area contributed by atoms with Gasteiger partial charge in [0.1, 0.15) is 23.0 Å². The zero-order valence-electron chi connectivity index (χ0n) is 17.3. The summed E-state index contributed by atoms with van der Waals surface area (Å²) in [5, 5.41) is 6.29. The summed E-state index contributed by atoms with van der Waals surface area (Å²) < 4.78 is 27.7. The molecule has 0 aliphatic carbocycles. The fourth-order valence-electron chi connectivity index (χ4n) is 2.94. The van der Waals surface area contributed by atoms with Gasteiger partial charge in [0.05, 0.1) is 4.88 Å². The molecule has 2 heterocycles. The second-order valence-corrected chi connectivity index (χ2v) is 7.59. The summed E-state index contributed by atoms with van der Waals surface area (Å²) in [5.41, 5.74) is 1.42. The number of aliphatic imine (C=N–C) groups is 1. The first-order valence-electron chi connectivity index (χ1n) is 9.55. The predicted molar refractivity (Wildman–Crippen MR) is 121 cm³/mol. The molecule has 2 aromatic rings. The number of hydrogen-bond donors (Lipinski definition) is 1. The lowest BCUT2D eigenvalue weighted by atomic mass is 10.1. The van der Waals surface area contributed by atoms with Crippen LogP contribution >= 0.6 is 11.3 Å². The van der Waals surface area contributed by atoms with Gasteiger partial charge < -0.3 is 10.2 Å². The van der Waals surface area contributed by atoms with E-state index in [1.807, 2.05) is 32.1 Å². The molecule has 0 atom stereocenters. The Bertz CT molecular complexity index is 1120. The number of hydrogen-bond acceptors (Lipinski definition) is 5. The fraction of sp³-hybridized carbons (Fsp3) is 0.174. The Morgan fingerprint density at radius 3 is 2.68 bits per heavy atom. The number of halogens is 2. The molecular formula is C23H21F2N3O2S. The van der Waals surface area contributed by atoms with E-state index in [9.17, 15) is 13.6 Å². The molecule has 0 spiro atoms. The van der Waals surface area contributed by atoms with E-state index in [1.165, 1.54) is 6.07 Å². The normalized spacial score (nSPS) is 14.3. The van der Waals surface area contributed by atoms with Crippen molar-refractivity contribution in [2.45, 2.75) is 27.2 Å². The lowest BCUT2D eigenvalue weighted by molar-refractivity contribution is 0.0957. The van der Waals surface area contributed by atoms with Crippen LogP contribution in [0.2, 0.25) is 0 Å². The molecule has 0 unspecified atom stereocenters. The van der Waals surface area contributed by atoms with Crippen LogP contribution in [-0.2, 0) is 4.84 Å². The first-order chi connectivity index (χ1) is 14.9. The number of nitrogens with zero attached hydrogens (tertiary/aromatic N) is 2. The average molecular weight is 442 g/mol. The van der Waals surface area contributed by atoms with Gasteiger partial charge >= 0.3 is 0 Å². The van der Waals surface area contributed by atoms with Crippen LogP contribution in [0, 0.1) is 18.6 Å². The maximum Gasteiger partial charge on any atom is 0.262 e. The van der Waals surface area contributed by atoms with Crippen molar-refractivity contribution in [3.8, 4) is 0 Å². The van der Waals surface area contributed by atoms with Crippen LogP contribution in [0.3, 0.4) is 0 Å². The topological polar surface area (TPSA) is 63.0 Å². The standard InChI is InChI=1S/C23H21F2N3O2S/c1-4-18(30-27-5-2)19-13-14(3)22(31-19)15-9-10-20(26-12-11-15)28-23(29)21-16(24)7-6-8-17(21)25/h4-10,12-13H,11H2,1-3H3,(H,28,29)/b18-4-,27-5-. The highest BCUT2D eigenvalue weighted by molar-refractivity contribution is 7.14. The van der Waals surface area contributed by atoms with Gasteiger partial charge in [0.25, 0.3) is 5.91 Å². The SMILES string of the molecule is C/C=N\O/C(=C\C)c1cc(C)c(C2=CC=C(NC(=O)c3c(F)cccc3F)N=CC2)s1. The van der Waals surface area contributed by atoms with Crippen LogP contribution in [0.25, 0.3) is 11.3 Å². The zero-order chi connectivity index (χ0) is 22.4. The number of carbonyl (C=O) groups excluding carboxylic acids is 1. The molecule has 160 valence electrons. The minimum Gasteiger partial charge on any atom is -0.356 e. The number of oxime groups is 1. The molecule has 1 aliphatic rings. The van der Waals surface area contributed by atoms with Gasteiger partial charge in [-0.15, -0.1) is 11.3 Å². The zero-order valence-corrected chi connectivity index (χ0v) is 18.1. The molecule has 1 amide bonds. The molecule has 0 radical (unpaired) electrons. The van der Waals surface area contributed by atoms with Crippen LogP contribution < -0.4 is 5.32 Å². The van der Waals surface area contributed by atoms with Gasteiger partial charge in [0.15, 0.2) is 5.76 Å². The van der Waals surface area contributed by atoms with Crippen molar-refractivity contribution in [1.29, 1.82) is 0 Å². The Morgan fingerprint density at radius 1 is 1.26 bits per heavy atom. The van der Waals surface area contributed by atoms with Crippen molar-refractivity contribution in [3.05, 3.63) is 80.8 Å². The molecule has 3 rings (SSSR count). The predicted octanol–water partition coefficient (Wildman–Crippen LogP) is 5.85. The first-order valence-corrected chi connectivity index (χ1v) is 10.4. The molecule has 1 aromatic heterocycles. The van der Waals surface area contributed by atoms with E-state index in [4.69, 9.17) is 4.84 Å². The van der Waals surface area contributed by atoms with Gasteiger partial charge in [-0.3, -0.25) is 4.79 Å². The lowest BCUT2D eigenvalue weighted by Crippen LogP contribution is -2.24. The number of thiophene rings is 1. The summed E-state index contributed by atoms with van der Waals surface area (Å²) in [6, 6.07) is 5.30. The van der Waals surface area contributed by atoms with Crippen LogP contribution in [0.4, 0.5) is 8.78 Å². The number of allylic oxidation sites excluding steroid dienone is 4. The number of carbonyl (C=O) groups is 1. The molecular weight excluding hydrogens is 420 g/mol. The average Bonchev–Trinajstić information content (AvgIpc) is 2.96. The van der Waals surface area contributed by atoms with Gasteiger partial charge in [0.2, 0.25) is 0 Å². The van der Waals surface area contributed by atoms with Crippen LogP contribution in [0.5, 0.6) is 0 Å². The Balaban J connectivity index is 1.83. The van der Waals surface area contributed by atoms with Crippen molar-refractivity contribution in [1.82, 2.24) is 5.32 Å². The molecule has 0 saturated heterocycles. The van der Waals surface area contributed by atoms with Gasteiger partial charge in [-0.2, -0.15) is 0 Å². The van der Waals surface area contributed by atoms with Crippen molar-refractivity contribution in [2.75, 3.05) is 0 Å². The molecule has 1 aromatic carbocycles. The highest BCUT2D eigenvalue weighted by Crippen LogP contribution is 2.35. The van der Waals surface area contributed by atoms with Crippen LogP contribution in [-0.4, -0.2) is 18.3 Å². The van der Waals surface area contributed by atoms with Gasteiger partial charge in [0, 0.05) is 23.7 Å². The summed E-state index contributed by atoms with van der Waals surface area (Å²) in [5.74, 6) is -1.88. The Kier molecular flexibility index (Phi) is 7.25. The lowest BCUT2D eigenvalue weighted by Gasteiger charge is -2.06. The number of amides is 1. The van der Waals surface area contributed by atoms with Crippen molar-refractivity contribution >= 4 is 41.0 Å². The van der Waals surface area contributed by atoms with Crippen LogP contribution in [0.1, 0.15) is 45.9 Å². The maximum atomic E-state index is 13.8. The van der Waals surface area contributed by atoms with E-state index in [2.05, 4.69) is 15.5 Å². The van der Waals surface area contributed by atoms with Crippen molar-refractivity contribution < 1.29 is 18.4 Å². The third kappa shape index (κ3) is 5.21. The number of nitrogens with one attached hydrogen (secondary N) is 1. The minimum atomic E-state index is -0.928. The van der Waals surface area contributed by atoms with Crippen LogP contribution in [0.15, 0.2) is 58.5 Å². The van der Waals surface area contributed by atoms with E-state index in [0.717, 1.165) is 33.0 Å². The number of aryl methyl sites for hydroxylation is 1. The third-order valence-electron chi connectivity index (χ3n) is 4.39. The van der Waals surface area contributed by atoms with Gasteiger partial charge in [-0.05, 0) is 62.3 Å². The summed E-state index contributed by atoms with van der Waals surface area (Å²) >= 11 is 1.56.